The molecule has 27 heavy (non-hydrogen) atoms. The first-order valence-corrected chi connectivity index (χ1v) is 9.17. The number of methoxy groups -OCH3 is 1. The molecule has 7 heteroatoms. The Labute approximate surface area is 163 Å². The number of hydrogen-bond acceptors (Lipinski definition) is 5. The van der Waals surface area contributed by atoms with Gasteiger partial charge in [0.1, 0.15) is 0 Å². The van der Waals surface area contributed by atoms with Crippen LogP contribution in [0.5, 0.6) is 23.0 Å². The zero-order chi connectivity index (χ0) is 19.2. The Morgan fingerprint density at radius 2 is 2.00 bits per heavy atom. The Balaban J connectivity index is 1.70. The van der Waals surface area contributed by atoms with Gasteiger partial charge in [0.05, 0.1) is 32.0 Å². The van der Waals surface area contributed by atoms with Crippen LogP contribution in [0.1, 0.15) is 29.3 Å². The fraction of sp³-hybridized carbons (Fsp3) is 0.350. The highest BCUT2D eigenvalue weighted by molar-refractivity contribution is 6.32. The fourth-order valence-electron chi connectivity index (χ4n) is 2.75. The first kappa shape index (κ1) is 19.2. The molecule has 144 valence electrons. The van der Waals surface area contributed by atoms with E-state index in [0.29, 0.717) is 59.9 Å². The Bertz CT molecular complexity index is 824. The number of rotatable bonds is 6. The number of halogens is 1. The van der Waals surface area contributed by atoms with Gasteiger partial charge in [0.25, 0.3) is 5.91 Å². The number of fused-ring (bicyclic) bond motifs is 1. The molecule has 0 aliphatic carbocycles. The van der Waals surface area contributed by atoms with E-state index >= 15 is 0 Å². The molecule has 0 atom stereocenters. The number of amides is 1. The Kier molecular flexibility index (Phi) is 6.29. The topological polar surface area (TPSA) is 66.0 Å². The maximum atomic E-state index is 12.5. The molecule has 1 heterocycles. The summed E-state index contributed by atoms with van der Waals surface area (Å²) < 4.78 is 22.1. The zero-order valence-corrected chi connectivity index (χ0v) is 16.1. The number of benzene rings is 2. The Hall–Kier alpha value is -2.60. The molecule has 1 N–H and O–H groups in total. The molecule has 2 aromatic rings. The number of carbonyl (C=O) groups excluding carboxylic acids is 1. The molecule has 1 amide bonds. The van der Waals surface area contributed by atoms with E-state index in [2.05, 4.69) is 5.32 Å². The quantitative estimate of drug-likeness (QED) is 0.810. The van der Waals surface area contributed by atoms with Crippen molar-refractivity contribution in [3.05, 3.63) is 46.5 Å². The van der Waals surface area contributed by atoms with Crippen molar-refractivity contribution in [3.63, 3.8) is 0 Å². The number of ether oxygens (including phenoxy) is 4. The van der Waals surface area contributed by atoms with Crippen LogP contribution >= 0.6 is 11.6 Å². The fourth-order valence-corrected chi connectivity index (χ4v) is 3.04. The highest BCUT2D eigenvalue weighted by atomic mass is 35.5. The van der Waals surface area contributed by atoms with Crippen molar-refractivity contribution >= 4 is 17.5 Å². The molecular formula is C20H22ClNO5. The van der Waals surface area contributed by atoms with E-state index in [1.54, 1.807) is 31.4 Å². The summed E-state index contributed by atoms with van der Waals surface area (Å²) in [5, 5.41) is 3.35. The third-order valence-corrected chi connectivity index (χ3v) is 4.32. The maximum absolute atomic E-state index is 12.5. The molecule has 3 rings (SSSR count). The van der Waals surface area contributed by atoms with Crippen molar-refractivity contribution < 1.29 is 23.7 Å². The monoisotopic (exact) mass is 391 g/mol. The maximum Gasteiger partial charge on any atom is 0.251 e. The normalized spacial score (nSPS) is 12.9. The smallest absolute Gasteiger partial charge is 0.251 e. The SMILES string of the molecule is CCOc1ccc(C(=O)NCc2cc(Cl)c3c(c2)OCCCO3)cc1OC. The van der Waals surface area contributed by atoms with Gasteiger partial charge in [0, 0.05) is 18.5 Å². The van der Waals surface area contributed by atoms with Gasteiger partial charge in [0.15, 0.2) is 23.0 Å². The molecule has 0 radical (unpaired) electrons. The lowest BCUT2D eigenvalue weighted by Gasteiger charge is -2.13. The van der Waals surface area contributed by atoms with Gasteiger partial charge in [-0.1, -0.05) is 11.6 Å². The van der Waals surface area contributed by atoms with Gasteiger partial charge in [-0.15, -0.1) is 0 Å². The second-order valence-electron chi connectivity index (χ2n) is 5.94. The first-order valence-electron chi connectivity index (χ1n) is 8.79. The van der Waals surface area contributed by atoms with Crippen molar-refractivity contribution in [1.29, 1.82) is 0 Å². The number of nitrogens with one attached hydrogen (secondary N) is 1. The number of hydrogen-bond donors (Lipinski definition) is 1. The van der Waals surface area contributed by atoms with Crippen LogP contribution in [0.3, 0.4) is 0 Å². The van der Waals surface area contributed by atoms with Crippen LogP contribution in [0.15, 0.2) is 30.3 Å². The third kappa shape index (κ3) is 4.57. The van der Waals surface area contributed by atoms with Crippen LogP contribution in [0, 0.1) is 0 Å². The summed E-state index contributed by atoms with van der Waals surface area (Å²) in [7, 11) is 1.54. The van der Waals surface area contributed by atoms with Crippen LogP contribution in [0.4, 0.5) is 0 Å². The summed E-state index contributed by atoms with van der Waals surface area (Å²) in [4.78, 5) is 12.5. The molecular weight excluding hydrogens is 370 g/mol. The van der Waals surface area contributed by atoms with Crippen molar-refractivity contribution in [2.75, 3.05) is 26.9 Å². The van der Waals surface area contributed by atoms with Crippen molar-refractivity contribution in [2.45, 2.75) is 19.9 Å². The Morgan fingerprint density at radius 3 is 2.78 bits per heavy atom. The third-order valence-electron chi connectivity index (χ3n) is 4.04. The van der Waals surface area contributed by atoms with Crippen molar-refractivity contribution in [2.24, 2.45) is 0 Å². The van der Waals surface area contributed by atoms with E-state index in [9.17, 15) is 4.79 Å². The van der Waals surface area contributed by atoms with Gasteiger partial charge >= 0.3 is 0 Å². The second-order valence-corrected chi connectivity index (χ2v) is 6.34. The highest BCUT2D eigenvalue weighted by Gasteiger charge is 2.16. The molecule has 2 aromatic carbocycles. The summed E-state index contributed by atoms with van der Waals surface area (Å²) in [6, 6.07) is 8.69. The average Bonchev–Trinajstić information content (AvgIpc) is 2.92. The summed E-state index contributed by atoms with van der Waals surface area (Å²) in [6.45, 7) is 3.87. The summed E-state index contributed by atoms with van der Waals surface area (Å²) in [5.41, 5.74) is 1.31. The zero-order valence-electron chi connectivity index (χ0n) is 15.3. The lowest BCUT2D eigenvalue weighted by atomic mass is 10.1. The van der Waals surface area contributed by atoms with Crippen LogP contribution in [0.25, 0.3) is 0 Å². The molecule has 0 bridgehead atoms. The lowest BCUT2D eigenvalue weighted by molar-refractivity contribution is 0.0950. The lowest BCUT2D eigenvalue weighted by Crippen LogP contribution is -2.22. The summed E-state index contributed by atoms with van der Waals surface area (Å²) in [5.74, 6) is 2.06. The molecule has 0 aromatic heterocycles. The summed E-state index contributed by atoms with van der Waals surface area (Å²) >= 11 is 6.29. The van der Waals surface area contributed by atoms with Crippen LogP contribution in [-0.2, 0) is 6.54 Å². The van der Waals surface area contributed by atoms with Crippen molar-refractivity contribution in [1.82, 2.24) is 5.32 Å². The molecule has 1 aliphatic rings. The van der Waals surface area contributed by atoms with E-state index in [4.69, 9.17) is 30.5 Å². The van der Waals surface area contributed by atoms with E-state index in [0.717, 1.165) is 12.0 Å². The minimum atomic E-state index is -0.223. The molecule has 0 spiro atoms. The summed E-state index contributed by atoms with van der Waals surface area (Å²) in [6.07, 6.45) is 0.802. The van der Waals surface area contributed by atoms with Gasteiger partial charge in [-0.3, -0.25) is 4.79 Å². The van der Waals surface area contributed by atoms with Crippen LogP contribution < -0.4 is 24.3 Å². The van der Waals surface area contributed by atoms with Crippen LogP contribution in [-0.4, -0.2) is 32.8 Å². The standard InChI is InChI=1S/C20H22ClNO5/c1-3-25-16-6-5-14(11-17(16)24-2)20(23)22-12-13-9-15(21)19-18(10-13)26-7-4-8-27-19/h5-6,9-11H,3-4,7-8,12H2,1-2H3,(H,22,23). The molecule has 0 unspecified atom stereocenters. The van der Waals surface area contributed by atoms with Gasteiger partial charge in [-0.05, 0) is 42.8 Å². The molecule has 0 saturated carbocycles. The molecule has 0 fully saturated rings. The minimum absolute atomic E-state index is 0.223. The van der Waals surface area contributed by atoms with Gasteiger partial charge in [0.2, 0.25) is 0 Å². The predicted octanol–water partition coefficient (Wildman–Crippen LogP) is 3.84. The minimum Gasteiger partial charge on any atom is -0.493 e. The molecule has 1 aliphatic heterocycles. The molecule has 6 nitrogen and oxygen atoms in total. The van der Waals surface area contributed by atoms with Crippen LogP contribution in [0.2, 0.25) is 5.02 Å². The van der Waals surface area contributed by atoms with Gasteiger partial charge in [-0.25, -0.2) is 0 Å². The van der Waals surface area contributed by atoms with Crippen molar-refractivity contribution in [3.8, 4) is 23.0 Å². The van der Waals surface area contributed by atoms with E-state index in [1.165, 1.54) is 0 Å². The van der Waals surface area contributed by atoms with E-state index < -0.39 is 0 Å². The average molecular weight is 392 g/mol. The Morgan fingerprint density at radius 1 is 1.19 bits per heavy atom. The first-order chi connectivity index (χ1) is 13.1. The van der Waals surface area contributed by atoms with E-state index in [-0.39, 0.29) is 5.91 Å². The van der Waals surface area contributed by atoms with Gasteiger partial charge in [-0.2, -0.15) is 0 Å². The highest BCUT2D eigenvalue weighted by Crippen LogP contribution is 2.38. The molecule has 0 saturated heterocycles. The van der Waals surface area contributed by atoms with E-state index in [1.807, 2.05) is 13.0 Å². The predicted molar refractivity (Wildman–Crippen MR) is 102 cm³/mol. The number of carbonyl (C=O) groups is 1. The second kappa shape index (κ2) is 8.86. The largest absolute Gasteiger partial charge is 0.493 e. The van der Waals surface area contributed by atoms with Gasteiger partial charge < -0.3 is 24.3 Å².